The summed E-state index contributed by atoms with van der Waals surface area (Å²) in [5, 5.41) is 3.11. The minimum Gasteiger partial charge on any atom is -0.371 e. The van der Waals surface area contributed by atoms with Crippen LogP contribution in [0.3, 0.4) is 0 Å². The van der Waals surface area contributed by atoms with Crippen molar-refractivity contribution in [3.8, 4) is 0 Å². The third-order valence-corrected chi connectivity index (χ3v) is 4.03. The van der Waals surface area contributed by atoms with E-state index in [1.54, 1.807) is 0 Å². The van der Waals surface area contributed by atoms with Crippen LogP contribution < -0.4 is 16.0 Å². The molecule has 0 saturated carbocycles. The first-order valence-corrected chi connectivity index (χ1v) is 8.02. The molecule has 0 bridgehead atoms. The highest BCUT2D eigenvalue weighted by molar-refractivity contribution is 14.0. The van der Waals surface area contributed by atoms with E-state index < -0.39 is 0 Å². The second-order valence-corrected chi connectivity index (χ2v) is 6.15. The monoisotopic (exact) mass is 466 g/mol. The molecule has 1 fully saturated rings. The van der Waals surface area contributed by atoms with Gasteiger partial charge in [-0.3, -0.25) is 4.99 Å². The number of guanidine groups is 1. The molecule has 0 amide bonds. The van der Waals surface area contributed by atoms with Gasteiger partial charge in [0.2, 0.25) is 0 Å². The van der Waals surface area contributed by atoms with Crippen LogP contribution in [0.5, 0.6) is 0 Å². The molecule has 3 N–H and O–H groups in total. The van der Waals surface area contributed by atoms with Crippen molar-refractivity contribution < 1.29 is 0 Å². The maximum absolute atomic E-state index is 5.82. The van der Waals surface area contributed by atoms with E-state index in [-0.39, 0.29) is 24.0 Å². The minimum absolute atomic E-state index is 0. The Morgan fingerprint density at radius 3 is 3.05 bits per heavy atom. The zero-order valence-electron chi connectivity index (χ0n) is 12.4. The molecular formula is C15H24BrIN4. The van der Waals surface area contributed by atoms with Crippen LogP contribution in [0.1, 0.15) is 19.8 Å². The summed E-state index contributed by atoms with van der Waals surface area (Å²) in [6.45, 7) is 5.98. The van der Waals surface area contributed by atoms with Gasteiger partial charge < -0.3 is 16.0 Å². The lowest BCUT2D eigenvalue weighted by Gasteiger charge is -2.18. The van der Waals surface area contributed by atoms with Crippen molar-refractivity contribution in [1.82, 2.24) is 5.32 Å². The van der Waals surface area contributed by atoms with Crippen LogP contribution in [-0.2, 0) is 0 Å². The van der Waals surface area contributed by atoms with Crippen molar-refractivity contribution in [1.29, 1.82) is 0 Å². The Balaban J connectivity index is 0.00000220. The fraction of sp³-hybridized carbons (Fsp3) is 0.533. The zero-order valence-corrected chi connectivity index (χ0v) is 16.3. The Morgan fingerprint density at radius 1 is 1.52 bits per heavy atom. The predicted octanol–water partition coefficient (Wildman–Crippen LogP) is 3.21. The number of hydrogen-bond donors (Lipinski definition) is 2. The van der Waals surface area contributed by atoms with Crippen molar-refractivity contribution in [2.45, 2.75) is 19.8 Å². The first kappa shape index (κ1) is 18.5. The lowest BCUT2D eigenvalue weighted by atomic mass is 10.1. The topological polar surface area (TPSA) is 53.6 Å². The van der Waals surface area contributed by atoms with Crippen LogP contribution in [0.2, 0.25) is 0 Å². The number of anilines is 1. The van der Waals surface area contributed by atoms with Crippen molar-refractivity contribution in [2.75, 3.05) is 31.1 Å². The molecule has 1 saturated heterocycles. The molecule has 0 radical (unpaired) electrons. The normalized spacial score (nSPS) is 18.5. The average Bonchev–Trinajstić information content (AvgIpc) is 2.92. The highest BCUT2D eigenvalue weighted by Crippen LogP contribution is 2.26. The van der Waals surface area contributed by atoms with Crippen LogP contribution in [0.15, 0.2) is 33.7 Å². The second-order valence-electron chi connectivity index (χ2n) is 5.23. The molecule has 1 atom stereocenters. The van der Waals surface area contributed by atoms with Crippen LogP contribution in [-0.4, -0.2) is 32.1 Å². The summed E-state index contributed by atoms with van der Waals surface area (Å²) in [5.41, 5.74) is 7.10. The SMILES string of the molecule is CCCNC(N)=NCC1CCN(c2cccc(Br)c2)C1.I. The first-order valence-electron chi connectivity index (χ1n) is 7.23. The van der Waals surface area contributed by atoms with Gasteiger partial charge in [-0.15, -0.1) is 24.0 Å². The van der Waals surface area contributed by atoms with Crippen LogP contribution >= 0.6 is 39.9 Å². The number of nitrogens with zero attached hydrogens (tertiary/aromatic N) is 2. The second kappa shape index (κ2) is 9.50. The molecule has 21 heavy (non-hydrogen) atoms. The molecule has 4 nitrogen and oxygen atoms in total. The van der Waals surface area contributed by atoms with Gasteiger partial charge in [-0.1, -0.05) is 28.9 Å². The highest BCUT2D eigenvalue weighted by Gasteiger charge is 2.22. The molecule has 0 spiro atoms. The summed E-state index contributed by atoms with van der Waals surface area (Å²) in [7, 11) is 0. The lowest BCUT2D eigenvalue weighted by Crippen LogP contribution is -2.32. The Bertz CT molecular complexity index is 467. The Kier molecular flexibility index (Phi) is 8.39. The average molecular weight is 467 g/mol. The largest absolute Gasteiger partial charge is 0.371 e. The molecule has 118 valence electrons. The lowest BCUT2D eigenvalue weighted by molar-refractivity contribution is 0.601. The molecule has 1 aromatic carbocycles. The number of nitrogens with two attached hydrogens (primary N) is 1. The van der Waals surface area contributed by atoms with E-state index in [2.05, 4.69) is 62.3 Å². The van der Waals surface area contributed by atoms with Crippen molar-refractivity contribution in [2.24, 2.45) is 16.6 Å². The summed E-state index contributed by atoms with van der Waals surface area (Å²) < 4.78 is 1.13. The molecule has 0 aromatic heterocycles. The van der Waals surface area contributed by atoms with Crippen LogP contribution in [0.4, 0.5) is 5.69 Å². The fourth-order valence-electron chi connectivity index (χ4n) is 2.43. The summed E-state index contributed by atoms with van der Waals surface area (Å²) in [5.74, 6) is 1.17. The number of hydrogen-bond acceptors (Lipinski definition) is 2. The summed E-state index contributed by atoms with van der Waals surface area (Å²) >= 11 is 3.52. The molecule has 1 aliphatic rings. The molecule has 1 heterocycles. The summed E-state index contributed by atoms with van der Waals surface area (Å²) in [6.07, 6.45) is 2.24. The summed E-state index contributed by atoms with van der Waals surface area (Å²) in [4.78, 5) is 6.85. The van der Waals surface area contributed by atoms with E-state index in [0.717, 1.165) is 37.1 Å². The molecule has 1 aromatic rings. The van der Waals surface area contributed by atoms with Crippen LogP contribution in [0.25, 0.3) is 0 Å². The number of benzene rings is 1. The number of aliphatic imine (C=N–C) groups is 1. The fourth-order valence-corrected chi connectivity index (χ4v) is 2.81. The Hall–Kier alpha value is -0.500. The number of rotatable bonds is 5. The van der Waals surface area contributed by atoms with Gasteiger partial charge in [-0.25, -0.2) is 0 Å². The van der Waals surface area contributed by atoms with Gasteiger partial charge in [-0.05, 0) is 37.0 Å². The standard InChI is InChI=1S/C15H23BrN4.HI/c1-2-7-18-15(17)19-10-12-6-8-20(11-12)14-5-3-4-13(16)9-14;/h3-5,9,12H,2,6-8,10-11H2,1H3,(H3,17,18,19);1H. The van der Waals surface area contributed by atoms with E-state index in [0.29, 0.717) is 11.9 Å². The van der Waals surface area contributed by atoms with Gasteiger partial charge in [0, 0.05) is 36.3 Å². The maximum Gasteiger partial charge on any atom is 0.188 e. The van der Waals surface area contributed by atoms with Gasteiger partial charge in [0.25, 0.3) is 0 Å². The van der Waals surface area contributed by atoms with Crippen molar-refractivity contribution >= 4 is 51.6 Å². The van der Waals surface area contributed by atoms with E-state index in [1.807, 2.05) is 0 Å². The summed E-state index contributed by atoms with van der Waals surface area (Å²) in [6, 6.07) is 8.47. The van der Waals surface area contributed by atoms with Gasteiger partial charge in [0.05, 0.1) is 0 Å². The molecular weight excluding hydrogens is 443 g/mol. The molecule has 1 unspecified atom stereocenters. The predicted molar refractivity (Wildman–Crippen MR) is 105 cm³/mol. The van der Waals surface area contributed by atoms with Gasteiger partial charge >= 0.3 is 0 Å². The van der Waals surface area contributed by atoms with Gasteiger partial charge in [0.1, 0.15) is 0 Å². The highest BCUT2D eigenvalue weighted by atomic mass is 127. The number of nitrogens with one attached hydrogen (secondary N) is 1. The molecule has 2 rings (SSSR count). The van der Waals surface area contributed by atoms with Crippen molar-refractivity contribution in [3.63, 3.8) is 0 Å². The molecule has 1 aliphatic heterocycles. The van der Waals surface area contributed by atoms with E-state index in [1.165, 1.54) is 12.1 Å². The minimum atomic E-state index is 0. The Labute approximate surface area is 152 Å². The molecule has 0 aliphatic carbocycles. The maximum atomic E-state index is 5.82. The smallest absolute Gasteiger partial charge is 0.188 e. The first-order chi connectivity index (χ1) is 9.69. The van der Waals surface area contributed by atoms with E-state index in [9.17, 15) is 0 Å². The quantitative estimate of drug-likeness (QED) is 0.398. The van der Waals surface area contributed by atoms with E-state index >= 15 is 0 Å². The van der Waals surface area contributed by atoms with Gasteiger partial charge in [-0.2, -0.15) is 0 Å². The third kappa shape index (κ3) is 6.02. The van der Waals surface area contributed by atoms with Crippen molar-refractivity contribution in [3.05, 3.63) is 28.7 Å². The third-order valence-electron chi connectivity index (χ3n) is 3.54. The Morgan fingerprint density at radius 2 is 2.33 bits per heavy atom. The number of halogens is 2. The zero-order chi connectivity index (χ0) is 14.4. The van der Waals surface area contributed by atoms with E-state index in [4.69, 9.17) is 5.73 Å². The van der Waals surface area contributed by atoms with Gasteiger partial charge in [0.15, 0.2) is 5.96 Å². The van der Waals surface area contributed by atoms with Crippen LogP contribution in [0, 0.1) is 5.92 Å². The molecule has 6 heteroatoms.